The number of nitrogens with zero attached hydrogens (tertiary/aromatic N) is 1. The van der Waals surface area contributed by atoms with Crippen molar-refractivity contribution in [3.63, 3.8) is 0 Å². The van der Waals surface area contributed by atoms with Crippen LogP contribution in [0.3, 0.4) is 0 Å². The zero-order valence-corrected chi connectivity index (χ0v) is 14.1. The highest BCUT2D eigenvalue weighted by molar-refractivity contribution is 9.10. The van der Waals surface area contributed by atoms with Crippen LogP contribution in [-0.4, -0.2) is 11.6 Å². The number of rotatable bonds is 5. The number of aromatic nitrogens is 1. The molecule has 0 atom stereocenters. The lowest BCUT2D eigenvalue weighted by Gasteiger charge is -2.13. The van der Waals surface area contributed by atoms with Crippen molar-refractivity contribution in [3.05, 3.63) is 40.4 Å². The van der Waals surface area contributed by atoms with E-state index in [0.29, 0.717) is 29.9 Å². The topological polar surface area (TPSA) is 60.2 Å². The molecule has 0 saturated carbocycles. The van der Waals surface area contributed by atoms with Crippen LogP contribution in [0.1, 0.15) is 19.4 Å². The van der Waals surface area contributed by atoms with E-state index in [9.17, 15) is 0 Å². The molecule has 0 saturated heterocycles. The van der Waals surface area contributed by atoms with Crippen LogP contribution in [-0.2, 0) is 0 Å². The van der Waals surface area contributed by atoms with Crippen molar-refractivity contribution in [3.8, 4) is 5.88 Å². The van der Waals surface area contributed by atoms with E-state index in [1.807, 2.05) is 31.2 Å². The van der Waals surface area contributed by atoms with E-state index in [4.69, 9.17) is 10.5 Å². The quantitative estimate of drug-likeness (QED) is 0.833. The molecule has 2 rings (SSSR count). The molecule has 1 aromatic carbocycles. The molecule has 5 heteroatoms. The van der Waals surface area contributed by atoms with Crippen LogP contribution in [0.25, 0.3) is 0 Å². The molecule has 1 aromatic heterocycles. The third-order valence-electron chi connectivity index (χ3n) is 2.90. The highest BCUT2D eigenvalue weighted by Crippen LogP contribution is 2.29. The number of halogens is 1. The molecule has 0 spiro atoms. The van der Waals surface area contributed by atoms with Gasteiger partial charge in [0.05, 0.1) is 18.0 Å². The summed E-state index contributed by atoms with van der Waals surface area (Å²) in [6.07, 6.45) is 0. The summed E-state index contributed by atoms with van der Waals surface area (Å²) in [6.45, 7) is 6.81. The van der Waals surface area contributed by atoms with Gasteiger partial charge in [-0.15, -0.1) is 0 Å². The molecule has 0 aliphatic rings. The fourth-order valence-corrected chi connectivity index (χ4v) is 2.13. The molecule has 21 heavy (non-hydrogen) atoms. The minimum absolute atomic E-state index is 0.425. The van der Waals surface area contributed by atoms with Gasteiger partial charge in [0.15, 0.2) is 0 Å². The molecule has 2 aromatic rings. The van der Waals surface area contributed by atoms with Gasteiger partial charge in [0.2, 0.25) is 5.88 Å². The van der Waals surface area contributed by atoms with E-state index in [0.717, 1.165) is 15.7 Å². The lowest BCUT2D eigenvalue weighted by atomic mass is 10.2. The van der Waals surface area contributed by atoms with Gasteiger partial charge in [-0.05, 0) is 52.5 Å². The number of hydrogen-bond acceptors (Lipinski definition) is 4. The van der Waals surface area contributed by atoms with Crippen molar-refractivity contribution >= 4 is 33.1 Å². The Morgan fingerprint density at radius 3 is 2.76 bits per heavy atom. The van der Waals surface area contributed by atoms with E-state index in [1.54, 1.807) is 6.07 Å². The Morgan fingerprint density at radius 1 is 1.29 bits per heavy atom. The summed E-state index contributed by atoms with van der Waals surface area (Å²) in [5.41, 5.74) is 8.56. The van der Waals surface area contributed by atoms with Gasteiger partial charge in [-0.25, -0.2) is 0 Å². The fraction of sp³-hybridized carbons (Fsp3) is 0.312. The molecular weight excluding hydrogens is 330 g/mol. The predicted octanol–water partition coefficient (Wildman–Crippen LogP) is 4.51. The Hall–Kier alpha value is -1.75. The van der Waals surface area contributed by atoms with Crippen LogP contribution in [0.2, 0.25) is 0 Å². The molecule has 0 aliphatic heterocycles. The number of aryl methyl sites for hydroxylation is 1. The Labute approximate surface area is 133 Å². The predicted molar refractivity (Wildman–Crippen MR) is 91.1 cm³/mol. The number of pyridine rings is 1. The van der Waals surface area contributed by atoms with Gasteiger partial charge >= 0.3 is 0 Å². The van der Waals surface area contributed by atoms with E-state index in [1.165, 1.54) is 0 Å². The molecule has 3 N–H and O–H groups in total. The maximum absolute atomic E-state index is 5.90. The normalized spacial score (nSPS) is 10.7. The Balaban J connectivity index is 2.20. The van der Waals surface area contributed by atoms with Crippen molar-refractivity contribution in [2.75, 3.05) is 17.7 Å². The molecule has 1 heterocycles. The Bertz CT molecular complexity index is 629. The summed E-state index contributed by atoms with van der Waals surface area (Å²) in [4.78, 5) is 4.43. The van der Waals surface area contributed by atoms with E-state index >= 15 is 0 Å². The molecule has 0 fully saturated rings. The first-order valence-electron chi connectivity index (χ1n) is 6.89. The number of benzene rings is 1. The van der Waals surface area contributed by atoms with Gasteiger partial charge in [-0.1, -0.05) is 26.0 Å². The van der Waals surface area contributed by atoms with Gasteiger partial charge < -0.3 is 15.8 Å². The van der Waals surface area contributed by atoms with E-state index < -0.39 is 0 Å². The molecule has 0 unspecified atom stereocenters. The summed E-state index contributed by atoms with van der Waals surface area (Å²) in [5, 5.41) is 3.27. The molecule has 0 radical (unpaired) electrons. The van der Waals surface area contributed by atoms with E-state index in [-0.39, 0.29) is 0 Å². The molecular formula is C16H20BrN3O. The first-order chi connectivity index (χ1) is 9.97. The minimum Gasteiger partial charge on any atom is -0.476 e. The van der Waals surface area contributed by atoms with Crippen LogP contribution in [0.15, 0.2) is 34.8 Å². The second-order valence-corrected chi connectivity index (χ2v) is 6.15. The third-order valence-corrected chi connectivity index (χ3v) is 3.95. The molecule has 4 nitrogen and oxygen atoms in total. The highest BCUT2D eigenvalue weighted by atomic mass is 79.9. The maximum Gasteiger partial charge on any atom is 0.239 e. The molecule has 0 bridgehead atoms. The zero-order chi connectivity index (χ0) is 15.4. The van der Waals surface area contributed by atoms with Crippen molar-refractivity contribution in [2.45, 2.75) is 20.8 Å². The first-order valence-corrected chi connectivity index (χ1v) is 7.68. The van der Waals surface area contributed by atoms with Crippen molar-refractivity contribution < 1.29 is 4.74 Å². The van der Waals surface area contributed by atoms with Gasteiger partial charge in [-0.3, -0.25) is 0 Å². The highest BCUT2D eigenvalue weighted by Gasteiger charge is 2.08. The maximum atomic E-state index is 5.90. The number of nitrogens with two attached hydrogens (primary N) is 1. The lowest BCUT2D eigenvalue weighted by molar-refractivity contribution is 0.263. The minimum atomic E-state index is 0.425. The van der Waals surface area contributed by atoms with Gasteiger partial charge in [0, 0.05) is 4.47 Å². The summed E-state index contributed by atoms with van der Waals surface area (Å²) in [5.74, 6) is 1.60. The number of ether oxygens (including phenoxy) is 1. The van der Waals surface area contributed by atoms with Crippen LogP contribution >= 0.6 is 15.9 Å². The zero-order valence-electron chi connectivity index (χ0n) is 12.5. The molecule has 0 amide bonds. The number of hydrogen-bond donors (Lipinski definition) is 2. The number of nitrogen functional groups attached to an aromatic ring is 1. The monoisotopic (exact) mass is 349 g/mol. The van der Waals surface area contributed by atoms with Crippen molar-refractivity contribution in [2.24, 2.45) is 5.92 Å². The first kappa shape index (κ1) is 15.6. The summed E-state index contributed by atoms with van der Waals surface area (Å²) in [7, 11) is 0. The average molecular weight is 350 g/mol. The van der Waals surface area contributed by atoms with Gasteiger partial charge in [-0.2, -0.15) is 4.98 Å². The lowest BCUT2D eigenvalue weighted by Crippen LogP contribution is -2.08. The smallest absolute Gasteiger partial charge is 0.239 e. The van der Waals surface area contributed by atoms with Crippen LogP contribution < -0.4 is 15.8 Å². The largest absolute Gasteiger partial charge is 0.476 e. The van der Waals surface area contributed by atoms with Gasteiger partial charge in [0.25, 0.3) is 0 Å². The Kier molecular flexibility index (Phi) is 5.07. The summed E-state index contributed by atoms with van der Waals surface area (Å²) in [6, 6.07) is 9.67. The average Bonchev–Trinajstić information content (AvgIpc) is 2.44. The van der Waals surface area contributed by atoms with Crippen LogP contribution in [0.4, 0.5) is 17.2 Å². The van der Waals surface area contributed by atoms with Crippen LogP contribution in [0.5, 0.6) is 5.88 Å². The fourth-order valence-electron chi connectivity index (χ4n) is 1.76. The van der Waals surface area contributed by atoms with Crippen molar-refractivity contribution in [1.29, 1.82) is 0 Å². The molecule has 0 aliphatic carbocycles. The summed E-state index contributed by atoms with van der Waals surface area (Å²) < 4.78 is 6.66. The van der Waals surface area contributed by atoms with Gasteiger partial charge in [0.1, 0.15) is 5.82 Å². The van der Waals surface area contributed by atoms with E-state index in [2.05, 4.69) is 40.1 Å². The SMILES string of the molecule is Cc1cccc(Nc2ccc(N)c(OCC(C)C)n2)c1Br. The van der Waals surface area contributed by atoms with Crippen molar-refractivity contribution in [1.82, 2.24) is 4.98 Å². The standard InChI is InChI=1S/C16H20BrN3O/c1-10(2)9-21-16-12(18)7-8-14(20-16)19-13-6-4-5-11(3)15(13)17/h4-8,10H,9,18H2,1-3H3,(H,19,20). The molecule has 112 valence electrons. The second kappa shape index (κ2) is 6.80. The number of anilines is 3. The Morgan fingerprint density at radius 2 is 2.05 bits per heavy atom. The van der Waals surface area contributed by atoms with Crippen LogP contribution in [0, 0.1) is 12.8 Å². The summed E-state index contributed by atoms with van der Waals surface area (Å²) >= 11 is 3.57. The second-order valence-electron chi connectivity index (χ2n) is 5.36. The number of nitrogens with one attached hydrogen (secondary N) is 1. The third kappa shape index (κ3) is 4.11.